The van der Waals surface area contributed by atoms with Crippen LogP contribution in [0.4, 0.5) is 5.69 Å². The molecule has 0 saturated heterocycles. The molecule has 0 unspecified atom stereocenters. The Morgan fingerprint density at radius 1 is 1.10 bits per heavy atom. The van der Waals surface area contributed by atoms with E-state index in [2.05, 4.69) is 40.6 Å². The number of benzene rings is 2. The third kappa shape index (κ3) is 2.26. The molecule has 0 aliphatic heterocycles. The molecular weight excluding hydrogens is 264 g/mol. The number of nitriles is 1. The molecule has 20 heavy (non-hydrogen) atoms. The molecule has 3 heteroatoms. The van der Waals surface area contributed by atoms with Crippen LogP contribution in [0.5, 0.6) is 0 Å². The van der Waals surface area contributed by atoms with Gasteiger partial charge in [0.15, 0.2) is 0 Å². The molecule has 2 aromatic carbocycles. The summed E-state index contributed by atoms with van der Waals surface area (Å²) in [4.78, 5) is 2.13. The highest BCUT2D eigenvalue weighted by molar-refractivity contribution is 7.17. The van der Waals surface area contributed by atoms with E-state index in [0.29, 0.717) is 0 Å². The second-order valence-corrected chi connectivity index (χ2v) is 5.65. The van der Waals surface area contributed by atoms with Crippen molar-refractivity contribution in [1.29, 1.82) is 5.26 Å². The zero-order valence-electron chi connectivity index (χ0n) is 11.2. The van der Waals surface area contributed by atoms with Gasteiger partial charge in [0.05, 0.1) is 11.3 Å². The van der Waals surface area contributed by atoms with Crippen molar-refractivity contribution in [2.75, 3.05) is 11.9 Å². The van der Waals surface area contributed by atoms with Crippen LogP contribution in [0.3, 0.4) is 0 Å². The summed E-state index contributed by atoms with van der Waals surface area (Å²) >= 11 is 1.77. The molecule has 0 aliphatic rings. The van der Waals surface area contributed by atoms with Gasteiger partial charge >= 0.3 is 0 Å². The lowest BCUT2D eigenvalue weighted by Gasteiger charge is -2.20. The number of thiophene rings is 1. The van der Waals surface area contributed by atoms with Gasteiger partial charge in [-0.2, -0.15) is 5.26 Å². The van der Waals surface area contributed by atoms with E-state index in [-0.39, 0.29) is 0 Å². The fourth-order valence-electron chi connectivity index (χ4n) is 2.40. The Morgan fingerprint density at radius 2 is 1.85 bits per heavy atom. The van der Waals surface area contributed by atoms with Crippen LogP contribution in [0.2, 0.25) is 0 Å². The monoisotopic (exact) mass is 278 g/mol. The van der Waals surface area contributed by atoms with Crippen molar-refractivity contribution < 1.29 is 0 Å². The summed E-state index contributed by atoms with van der Waals surface area (Å²) < 4.78 is 1.31. The molecule has 3 aromatic rings. The zero-order valence-corrected chi connectivity index (χ0v) is 12.0. The Morgan fingerprint density at radius 3 is 2.70 bits per heavy atom. The number of rotatable bonds is 3. The predicted molar refractivity (Wildman–Crippen MR) is 85.1 cm³/mol. The number of nitrogens with zero attached hydrogens (tertiary/aromatic N) is 2. The van der Waals surface area contributed by atoms with E-state index in [1.165, 1.54) is 15.6 Å². The zero-order chi connectivity index (χ0) is 13.9. The fraction of sp³-hybridized carbons (Fsp3) is 0.118. The maximum Gasteiger partial charge on any atom is 0.101 e. The van der Waals surface area contributed by atoms with E-state index < -0.39 is 0 Å². The molecule has 0 radical (unpaired) electrons. The van der Waals surface area contributed by atoms with E-state index in [1.54, 1.807) is 11.3 Å². The van der Waals surface area contributed by atoms with Crippen LogP contribution < -0.4 is 4.90 Å². The van der Waals surface area contributed by atoms with Crippen molar-refractivity contribution in [3.63, 3.8) is 0 Å². The highest BCUT2D eigenvalue weighted by Crippen LogP contribution is 2.28. The first kappa shape index (κ1) is 12.7. The molecule has 0 fully saturated rings. The van der Waals surface area contributed by atoms with E-state index in [4.69, 9.17) is 0 Å². The standard InChI is InChI=1S/C17H14N2S/c1-19(16-8-4-2-6-13(16)10-18)11-14-12-20-17-9-5-3-7-15(14)17/h2-9,12H,11H2,1H3. The SMILES string of the molecule is CN(Cc1csc2ccccc12)c1ccccc1C#N. The number of hydrogen-bond acceptors (Lipinski definition) is 3. The molecule has 98 valence electrons. The summed E-state index contributed by atoms with van der Waals surface area (Å²) in [7, 11) is 2.03. The second-order valence-electron chi connectivity index (χ2n) is 4.74. The molecule has 0 saturated carbocycles. The van der Waals surface area contributed by atoms with Gasteiger partial charge in [0.2, 0.25) is 0 Å². The minimum absolute atomic E-state index is 0.717. The lowest BCUT2D eigenvalue weighted by Crippen LogP contribution is -2.17. The fourth-order valence-corrected chi connectivity index (χ4v) is 3.35. The number of hydrogen-bond donors (Lipinski definition) is 0. The Balaban J connectivity index is 1.93. The Hall–Kier alpha value is -2.31. The van der Waals surface area contributed by atoms with Gasteiger partial charge in [-0.1, -0.05) is 30.3 Å². The summed E-state index contributed by atoms with van der Waals surface area (Å²) in [6.07, 6.45) is 0. The number of anilines is 1. The largest absolute Gasteiger partial charge is 0.369 e. The van der Waals surface area contributed by atoms with Crippen LogP contribution in [-0.2, 0) is 6.54 Å². The molecular formula is C17H14N2S. The van der Waals surface area contributed by atoms with Crippen LogP contribution in [0, 0.1) is 11.3 Å². The van der Waals surface area contributed by atoms with Crippen LogP contribution in [0.15, 0.2) is 53.9 Å². The summed E-state index contributed by atoms with van der Waals surface area (Å²) in [6, 6.07) is 18.4. The predicted octanol–water partition coefficient (Wildman–Crippen LogP) is 4.41. The highest BCUT2D eigenvalue weighted by Gasteiger charge is 2.10. The minimum Gasteiger partial charge on any atom is -0.369 e. The van der Waals surface area contributed by atoms with E-state index >= 15 is 0 Å². The third-order valence-electron chi connectivity index (χ3n) is 3.40. The van der Waals surface area contributed by atoms with Crippen LogP contribution in [0.1, 0.15) is 11.1 Å². The summed E-state index contributed by atoms with van der Waals surface area (Å²) in [5.41, 5.74) is 3.00. The van der Waals surface area contributed by atoms with Gasteiger partial charge < -0.3 is 4.90 Å². The van der Waals surface area contributed by atoms with Gasteiger partial charge in [-0.05, 0) is 34.5 Å². The maximum atomic E-state index is 9.19. The minimum atomic E-state index is 0.717. The first-order valence-corrected chi connectivity index (χ1v) is 7.33. The smallest absolute Gasteiger partial charge is 0.101 e. The van der Waals surface area contributed by atoms with Gasteiger partial charge in [-0.15, -0.1) is 11.3 Å². The quantitative estimate of drug-likeness (QED) is 0.709. The lowest BCUT2D eigenvalue weighted by atomic mass is 10.1. The molecule has 0 bridgehead atoms. The van der Waals surface area contributed by atoms with Crippen LogP contribution >= 0.6 is 11.3 Å². The molecule has 2 nitrogen and oxygen atoms in total. The Bertz CT molecular complexity index is 783. The average molecular weight is 278 g/mol. The maximum absolute atomic E-state index is 9.19. The molecule has 0 N–H and O–H groups in total. The Kier molecular flexibility index (Phi) is 3.41. The Labute approximate surface area is 122 Å². The molecule has 0 atom stereocenters. The van der Waals surface area contributed by atoms with Gasteiger partial charge in [-0.3, -0.25) is 0 Å². The number of para-hydroxylation sites is 1. The third-order valence-corrected chi connectivity index (χ3v) is 4.42. The first-order chi connectivity index (χ1) is 9.79. The van der Waals surface area contributed by atoms with Gasteiger partial charge in [0.25, 0.3) is 0 Å². The van der Waals surface area contributed by atoms with Crippen molar-refractivity contribution in [3.05, 3.63) is 65.0 Å². The van der Waals surface area contributed by atoms with Crippen LogP contribution in [-0.4, -0.2) is 7.05 Å². The highest BCUT2D eigenvalue weighted by atomic mass is 32.1. The molecule has 0 amide bonds. The summed E-state index contributed by atoms with van der Waals surface area (Å²) in [5.74, 6) is 0. The van der Waals surface area contributed by atoms with E-state index in [0.717, 1.165) is 17.8 Å². The van der Waals surface area contributed by atoms with Crippen molar-refractivity contribution in [2.24, 2.45) is 0 Å². The molecule has 3 rings (SSSR count). The average Bonchev–Trinajstić information content (AvgIpc) is 2.90. The van der Waals surface area contributed by atoms with Crippen molar-refractivity contribution in [1.82, 2.24) is 0 Å². The van der Waals surface area contributed by atoms with Crippen molar-refractivity contribution in [3.8, 4) is 6.07 Å². The van der Waals surface area contributed by atoms with E-state index in [9.17, 15) is 5.26 Å². The topological polar surface area (TPSA) is 27.0 Å². The van der Waals surface area contributed by atoms with Crippen molar-refractivity contribution in [2.45, 2.75) is 6.54 Å². The normalized spacial score (nSPS) is 10.4. The van der Waals surface area contributed by atoms with Gasteiger partial charge in [0, 0.05) is 18.3 Å². The first-order valence-electron chi connectivity index (χ1n) is 6.45. The second kappa shape index (κ2) is 5.36. The summed E-state index contributed by atoms with van der Waals surface area (Å²) in [6.45, 7) is 0.808. The van der Waals surface area contributed by atoms with E-state index in [1.807, 2.05) is 31.3 Å². The van der Waals surface area contributed by atoms with Crippen molar-refractivity contribution >= 4 is 27.1 Å². The molecule has 0 aliphatic carbocycles. The number of fused-ring (bicyclic) bond motifs is 1. The van der Waals surface area contributed by atoms with Crippen LogP contribution in [0.25, 0.3) is 10.1 Å². The molecule has 1 aromatic heterocycles. The molecule has 0 spiro atoms. The summed E-state index contributed by atoms with van der Waals surface area (Å²) in [5, 5.41) is 12.7. The lowest BCUT2D eigenvalue weighted by molar-refractivity contribution is 0.931. The van der Waals surface area contributed by atoms with Gasteiger partial charge in [-0.25, -0.2) is 0 Å². The van der Waals surface area contributed by atoms with Gasteiger partial charge in [0.1, 0.15) is 6.07 Å². The molecule has 1 heterocycles.